The number of aldehydes is 1. The van der Waals surface area contributed by atoms with Gasteiger partial charge in [0.15, 0.2) is 8.32 Å². The number of carbonyl (C=O) groups excluding carboxylic acids is 1. The molecule has 0 radical (unpaired) electrons. The third kappa shape index (κ3) is 9.09. The molecule has 0 amide bonds. The van der Waals surface area contributed by atoms with Crippen LogP contribution in [-0.2, 0) is 14.0 Å². The molecule has 0 saturated carbocycles. The molecular formula is C17H34O3Si. The van der Waals surface area contributed by atoms with Crippen LogP contribution in [0.3, 0.4) is 0 Å². The molecule has 4 heteroatoms. The lowest BCUT2D eigenvalue weighted by molar-refractivity contribution is -0.107. The van der Waals surface area contributed by atoms with Gasteiger partial charge in [0.25, 0.3) is 0 Å². The molecule has 0 bridgehead atoms. The maximum absolute atomic E-state index is 10.4. The van der Waals surface area contributed by atoms with Crippen LogP contribution >= 0.6 is 0 Å². The molecule has 0 atom stereocenters. The molecule has 0 N–H and O–H groups in total. The van der Waals surface area contributed by atoms with Gasteiger partial charge in [-0.2, -0.15) is 0 Å². The molecule has 0 aliphatic heterocycles. The van der Waals surface area contributed by atoms with Crippen LogP contribution in [0.1, 0.15) is 59.3 Å². The predicted octanol–water partition coefficient (Wildman–Crippen LogP) is 5.08. The Morgan fingerprint density at radius 2 is 1.76 bits per heavy atom. The summed E-state index contributed by atoms with van der Waals surface area (Å²) in [7, 11) is 0.0733. The zero-order valence-corrected chi connectivity index (χ0v) is 15.8. The summed E-state index contributed by atoms with van der Waals surface area (Å²) in [6.07, 6.45) is 8.58. The van der Waals surface area contributed by atoms with Gasteiger partial charge < -0.3 is 14.0 Å². The first-order chi connectivity index (χ1) is 9.74. The molecule has 0 unspecified atom stereocenters. The quantitative estimate of drug-likeness (QED) is 0.231. The van der Waals surface area contributed by atoms with Crippen LogP contribution in [0.25, 0.3) is 0 Å². The highest BCUT2D eigenvalue weighted by atomic mass is 28.4. The molecule has 0 aromatic rings. The van der Waals surface area contributed by atoms with Gasteiger partial charge in [0.05, 0.1) is 13.4 Å². The first-order valence-corrected chi connectivity index (χ1v) is 10.9. The fourth-order valence-electron chi connectivity index (χ4n) is 1.83. The number of unbranched alkanes of at least 4 members (excludes halogenated alkanes) is 2. The van der Waals surface area contributed by atoms with Crippen LogP contribution in [0.5, 0.6) is 0 Å². The highest BCUT2D eigenvalue weighted by molar-refractivity contribution is 6.74. The van der Waals surface area contributed by atoms with E-state index < -0.39 is 8.32 Å². The van der Waals surface area contributed by atoms with Crippen molar-refractivity contribution in [2.45, 2.75) is 77.4 Å². The third-order valence-electron chi connectivity index (χ3n) is 4.28. The standard InChI is InChI=1S/C17H34O3Si/c1-17(2,3)21(5,6)20-14-9-7-8-11-16(15-19-4)12-10-13-18/h13,15H,7-12,14H2,1-6H3/b16-15+. The Labute approximate surface area is 132 Å². The third-order valence-corrected chi connectivity index (χ3v) is 8.82. The Morgan fingerprint density at radius 3 is 2.29 bits per heavy atom. The van der Waals surface area contributed by atoms with Crippen LogP contribution < -0.4 is 0 Å². The van der Waals surface area contributed by atoms with E-state index in [0.29, 0.717) is 6.42 Å². The van der Waals surface area contributed by atoms with Gasteiger partial charge in [0.1, 0.15) is 6.29 Å². The molecule has 0 aromatic heterocycles. The normalized spacial score (nSPS) is 13.3. The second kappa shape index (κ2) is 10.2. The van der Waals surface area contributed by atoms with Crippen LogP contribution in [0.2, 0.25) is 18.1 Å². The SMILES string of the molecule is CO/C=C(/CCC=O)CCCCCO[Si](C)(C)C(C)(C)C. The second-order valence-corrected chi connectivity index (χ2v) is 11.9. The van der Waals surface area contributed by atoms with Gasteiger partial charge in [0, 0.05) is 13.0 Å². The summed E-state index contributed by atoms with van der Waals surface area (Å²) < 4.78 is 11.2. The fraction of sp³-hybridized carbons (Fsp3) is 0.824. The first-order valence-electron chi connectivity index (χ1n) is 8.03. The molecule has 0 aliphatic rings. The van der Waals surface area contributed by atoms with Crippen LogP contribution in [0.4, 0.5) is 0 Å². The maximum Gasteiger partial charge on any atom is 0.191 e. The summed E-state index contributed by atoms with van der Waals surface area (Å²) >= 11 is 0. The molecule has 0 heterocycles. The molecule has 21 heavy (non-hydrogen) atoms. The number of hydrogen-bond acceptors (Lipinski definition) is 3. The lowest BCUT2D eigenvalue weighted by Gasteiger charge is -2.36. The van der Waals surface area contributed by atoms with Crippen LogP contribution in [-0.4, -0.2) is 28.3 Å². The topological polar surface area (TPSA) is 35.5 Å². The lowest BCUT2D eigenvalue weighted by atomic mass is 10.0. The Kier molecular flexibility index (Phi) is 9.87. The largest absolute Gasteiger partial charge is 0.504 e. The van der Waals surface area contributed by atoms with Crippen molar-refractivity contribution in [2.24, 2.45) is 0 Å². The molecule has 0 rings (SSSR count). The molecule has 0 aliphatic carbocycles. The minimum Gasteiger partial charge on any atom is -0.504 e. The summed E-state index contributed by atoms with van der Waals surface area (Å²) in [5, 5.41) is 0.288. The number of rotatable bonds is 11. The zero-order valence-electron chi connectivity index (χ0n) is 14.8. The van der Waals surface area contributed by atoms with E-state index in [2.05, 4.69) is 33.9 Å². The molecule has 124 valence electrons. The van der Waals surface area contributed by atoms with E-state index >= 15 is 0 Å². The lowest BCUT2D eigenvalue weighted by Crippen LogP contribution is -2.40. The minimum absolute atomic E-state index is 0.288. The van der Waals surface area contributed by atoms with E-state index in [-0.39, 0.29) is 5.04 Å². The summed E-state index contributed by atoms with van der Waals surface area (Å²) in [6, 6.07) is 0. The van der Waals surface area contributed by atoms with Crippen molar-refractivity contribution in [3.63, 3.8) is 0 Å². The van der Waals surface area contributed by atoms with Gasteiger partial charge in [0.2, 0.25) is 0 Å². The number of methoxy groups -OCH3 is 1. The highest BCUT2D eigenvalue weighted by Crippen LogP contribution is 2.36. The Morgan fingerprint density at radius 1 is 1.10 bits per heavy atom. The van der Waals surface area contributed by atoms with Crippen molar-refractivity contribution in [1.29, 1.82) is 0 Å². The monoisotopic (exact) mass is 314 g/mol. The number of carbonyl (C=O) groups is 1. The minimum atomic E-state index is -1.59. The summed E-state index contributed by atoms with van der Waals surface area (Å²) in [6.45, 7) is 12.3. The smallest absolute Gasteiger partial charge is 0.191 e. The number of hydrogen-bond donors (Lipinski definition) is 0. The Hall–Kier alpha value is -0.613. The van der Waals surface area contributed by atoms with E-state index in [4.69, 9.17) is 9.16 Å². The van der Waals surface area contributed by atoms with Gasteiger partial charge in [-0.3, -0.25) is 0 Å². The van der Waals surface area contributed by atoms with E-state index in [9.17, 15) is 4.79 Å². The predicted molar refractivity (Wildman–Crippen MR) is 92.0 cm³/mol. The van der Waals surface area contributed by atoms with E-state index in [1.54, 1.807) is 13.4 Å². The first kappa shape index (κ1) is 20.4. The van der Waals surface area contributed by atoms with E-state index in [1.807, 2.05) is 0 Å². The fourth-order valence-corrected chi connectivity index (χ4v) is 2.92. The van der Waals surface area contributed by atoms with Crippen molar-refractivity contribution in [2.75, 3.05) is 13.7 Å². The van der Waals surface area contributed by atoms with E-state index in [1.165, 1.54) is 5.57 Å². The Balaban J connectivity index is 3.85. The molecule has 0 fully saturated rings. The number of allylic oxidation sites excluding steroid dienone is 1. The van der Waals surface area contributed by atoms with Gasteiger partial charge >= 0.3 is 0 Å². The van der Waals surface area contributed by atoms with Gasteiger partial charge in [-0.05, 0) is 49.4 Å². The van der Waals surface area contributed by atoms with Gasteiger partial charge in [-0.25, -0.2) is 0 Å². The summed E-state index contributed by atoms with van der Waals surface area (Å²) in [5.74, 6) is 0. The summed E-state index contributed by atoms with van der Waals surface area (Å²) in [4.78, 5) is 10.4. The Bertz CT molecular complexity index is 316. The molecule has 0 saturated heterocycles. The van der Waals surface area contributed by atoms with Gasteiger partial charge in [-0.15, -0.1) is 0 Å². The molecule has 0 spiro atoms. The molecular weight excluding hydrogens is 280 g/mol. The maximum atomic E-state index is 10.4. The van der Waals surface area contributed by atoms with E-state index in [0.717, 1.165) is 45.0 Å². The van der Waals surface area contributed by atoms with Crippen LogP contribution in [0, 0.1) is 0 Å². The summed E-state index contributed by atoms with van der Waals surface area (Å²) in [5.41, 5.74) is 1.23. The highest BCUT2D eigenvalue weighted by Gasteiger charge is 2.36. The van der Waals surface area contributed by atoms with Crippen LogP contribution in [0.15, 0.2) is 11.8 Å². The van der Waals surface area contributed by atoms with Crippen molar-refractivity contribution in [1.82, 2.24) is 0 Å². The van der Waals surface area contributed by atoms with Crippen molar-refractivity contribution in [3.05, 3.63) is 11.8 Å². The van der Waals surface area contributed by atoms with Gasteiger partial charge in [-0.1, -0.05) is 27.2 Å². The average molecular weight is 315 g/mol. The average Bonchev–Trinajstić information content (AvgIpc) is 2.38. The van der Waals surface area contributed by atoms with Crippen molar-refractivity contribution < 1.29 is 14.0 Å². The second-order valence-electron chi connectivity index (χ2n) is 7.14. The zero-order chi connectivity index (χ0) is 16.4. The molecule has 0 aromatic carbocycles. The molecule has 3 nitrogen and oxygen atoms in total. The van der Waals surface area contributed by atoms with Crippen molar-refractivity contribution >= 4 is 14.6 Å². The number of ether oxygens (including phenoxy) is 1. The van der Waals surface area contributed by atoms with Crippen molar-refractivity contribution in [3.8, 4) is 0 Å².